The minimum atomic E-state index is -0.318. The van der Waals surface area contributed by atoms with Crippen LogP contribution in [0.15, 0.2) is 31.0 Å². The molecule has 0 radical (unpaired) electrons. The second-order valence-electron chi connectivity index (χ2n) is 3.93. The van der Waals surface area contributed by atoms with Gasteiger partial charge >= 0.3 is 0 Å². The summed E-state index contributed by atoms with van der Waals surface area (Å²) in [7, 11) is 0. The van der Waals surface area contributed by atoms with Gasteiger partial charge in [0, 0.05) is 6.04 Å². The van der Waals surface area contributed by atoms with E-state index in [1.165, 1.54) is 12.3 Å². The first-order valence-electron chi connectivity index (χ1n) is 5.72. The minimum absolute atomic E-state index is 0.0793. The Balaban J connectivity index is 2.26. The summed E-state index contributed by atoms with van der Waals surface area (Å²) in [4.78, 5) is 3.98. The predicted octanol–water partition coefficient (Wildman–Crippen LogP) is 3.36. The van der Waals surface area contributed by atoms with Crippen molar-refractivity contribution in [2.75, 3.05) is 0 Å². The van der Waals surface area contributed by atoms with Crippen LogP contribution in [0.4, 0.5) is 4.39 Å². The number of rotatable bonds is 7. The third-order valence-corrected chi connectivity index (χ3v) is 2.55. The summed E-state index contributed by atoms with van der Waals surface area (Å²) in [5, 5.41) is 0. The van der Waals surface area contributed by atoms with E-state index < -0.39 is 0 Å². The molecule has 0 aliphatic carbocycles. The van der Waals surface area contributed by atoms with E-state index >= 15 is 0 Å². The topological polar surface area (TPSA) is 38.9 Å². The Kier molecular flexibility index (Phi) is 5.72. The highest BCUT2D eigenvalue weighted by molar-refractivity contribution is 5.09. The lowest BCUT2D eigenvalue weighted by molar-refractivity contribution is 0.557. The van der Waals surface area contributed by atoms with Crippen molar-refractivity contribution in [1.29, 1.82) is 0 Å². The van der Waals surface area contributed by atoms with Gasteiger partial charge in [0.05, 0.1) is 11.9 Å². The number of halogens is 1. The number of hydrogen-bond donors (Lipinski definition) is 1. The number of allylic oxidation sites excluding steroid dienone is 1. The van der Waals surface area contributed by atoms with Crippen molar-refractivity contribution in [2.24, 2.45) is 5.73 Å². The quantitative estimate of drug-likeness (QED) is 0.567. The molecule has 0 spiro atoms. The van der Waals surface area contributed by atoms with Crippen LogP contribution in [0.25, 0.3) is 0 Å². The Morgan fingerprint density at radius 3 is 2.81 bits per heavy atom. The van der Waals surface area contributed by atoms with Crippen LogP contribution in [-0.4, -0.2) is 4.98 Å². The summed E-state index contributed by atoms with van der Waals surface area (Å²) >= 11 is 0. The number of unbranched alkanes of at least 4 members (excludes halogenated alkanes) is 3. The molecular formula is C13H19FN2. The average molecular weight is 222 g/mol. The van der Waals surface area contributed by atoms with Gasteiger partial charge in [-0.25, -0.2) is 4.39 Å². The van der Waals surface area contributed by atoms with Crippen LogP contribution >= 0.6 is 0 Å². The summed E-state index contributed by atoms with van der Waals surface area (Å²) in [6.45, 7) is 3.68. The van der Waals surface area contributed by atoms with Crippen molar-refractivity contribution in [3.8, 4) is 0 Å². The number of aromatic nitrogens is 1. The zero-order chi connectivity index (χ0) is 11.8. The first-order valence-corrected chi connectivity index (χ1v) is 5.72. The van der Waals surface area contributed by atoms with Gasteiger partial charge in [0.1, 0.15) is 5.82 Å². The molecule has 1 aromatic heterocycles. The maximum atomic E-state index is 12.6. The van der Waals surface area contributed by atoms with E-state index in [1.807, 2.05) is 6.08 Å². The lowest BCUT2D eigenvalue weighted by Crippen LogP contribution is -2.11. The van der Waals surface area contributed by atoms with Gasteiger partial charge in [-0.05, 0) is 31.4 Å². The first-order chi connectivity index (χ1) is 7.74. The fourth-order valence-electron chi connectivity index (χ4n) is 1.58. The maximum Gasteiger partial charge on any atom is 0.141 e. The smallest absolute Gasteiger partial charge is 0.141 e. The van der Waals surface area contributed by atoms with Crippen LogP contribution < -0.4 is 5.73 Å². The standard InChI is InChI=1S/C13H19FN2/c1-2-3-4-5-6-7-12(15)13-9-8-11(14)10-16-13/h2,8-10,12H,1,3-7,15H2. The van der Waals surface area contributed by atoms with E-state index in [2.05, 4.69) is 11.6 Å². The SMILES string of the molecule is C=CCCCCCC(N)c1ccc(F)cn1. The Morgan fingerprint density at radius 2 is 2.19 bits per heavy atom. The normalized spacial score (nSPS) is 12.4. The molecule has 1 aromatic rings. The maximum absolute atomic E-state index is 12.6. The molecule has 2 nitrogen and oxygen atoms in total. The molecule has 1 atom stereocenters. The average Bonchev–Trinajstić information content (AvgIpc) is 2.29. The highest BCUT2D eigenvalue weighted by Gasteiger charge is 2.06. The minimum Gasteiger partial charge on any atom is -0.323 e. The molecule has 0 saturated heterocycles. The van der Waals surface area contributed by atoms with Crippen LogP contribution in [0.2, 0.25) is 0 Å². The van der Waals surface area contributed by atoms with E-state index in [-0.39, 0.29) is 11.9 Å². The number of hydrogen-bond acceptors (Lipinski definition) is 2. The molecule has 0 bridgehead atoms. The Morgan fingerprint density at radius 1 is 1.38 bits per heavy atom. The molecule has 1 unspecified atom stereocenters. The first kappa shape index (κ1) is 12.8. The fourth-order valence-corrected chi connectivity index (χ4v) is 1.58. The van der Waals surface area contributed by atoms with Gasteiger partial charge in [0.25, 0.3) is 0 Å². The van der Waals surface area contributed by atoms with Crippen molar-refractivity contribution >= 4 is 0 Å². The summed E-state index contributed by atoms with van der Waals surface area (Å²) in [5.41, 5.74) is 6.72. The van der Waals surface area contributed by atoms with Crippen molar-refractivity contribution < 1.29 is 4.39 Å². The Hall–Kier alpha value is -1.22. The third-order valence-electron chi connectivity index (χ3n) is 2.55. The molecule has 88 valence electrons. The van der Waals surface area contributed by atoms with Gasteiger partial charge in [-0.2, -0.15) is 0 Å². The summed E-state index contributed by atoms with van der Waals surface area (Å²) in [6, 6.07) is 2.98. The molecule has 0 saturated carbocycles. The monoisotopic (exact) mass is 222 g/mol. The molecule has 0 fully saturated rings. The third kappa shape index (κ3) is 4.53. The summed E-state index contributed by atoms with van der Waals surface area (Å²) < 4.78 is 12.6. The molecule has 0 aromatic carbocycles. The second kappa shape index (κ2) is 7.12. The zero-order valence-electron chi connectivity index (χ0n) is 9.53. The van der Waals surface area contributed by atoms with Crippen molar-refractivity contribution in [1.82, 2.24) is 4.98 Å². The lowest BCUT2D eigenvalue weighted by atomic mass is 10.0. The second-order valence-corrected chi connectivity index (χ2v) is 3.93. The van der Waals surface area contributed by atoms with E-state index in [4.69, 9.17) is 5.73 Å². The van der Waals surface area contributed by atoms with E-state index in [1.54, 1.807) is 6.07 Å². The Labute approximate surface area is 96.4 Å². The van der Waals surface area contributed by atoms with E-state index in [0.717, 1.165) is 37.8 Å². The summed E-state index contributed by atoms with van der Waals surface area (Å²) in [5.74, 6) is -0.318. The van der Waals surface area contributed by atoms with E-state index in [9.17, 15) is 4.39 Å². The van der Waals surface area contributed by atoms with Gasteiger partial charge in [0.15, 0.2) is 0 Å². The molecule has 0 aliphatic rings. The fraction of sp³-hybridized carbons (Fsp3) is 0.462. The van der Waals surface area contributed by atoms with Crippen LogP contribution in [0.1, 0.15) is 43.8 Å². The van der Waals surface area contributed by atoms with Crippen LogP contribution in [-0.2, 0) is 0 Å². The molecule has 0 aliphatic heterocycles. The van der Waals surface area contributed by atoms with Crippen LogP contribution in [0.5, 0.6) is 0 Å². The van der Waals surface area contributed by atoms with Crippen LogP contribution in [0.3, 0.4) is 0 Å². The molecule has 3 heteroatoms. The van der Waals surface area contributed by atoms with Gasteiger partial charge in [-0.1, -0.05) is 18.9 Å². The van der Waals surface area contributed by atoms with E-state index in [0.29, 0.717) is 0 Å². The molecule has 2 N–H and O–H groups in total. The highest BCUT2D eigenvalue weighted by atomic mass is 19.1. The highest BCUT2D eigenvalue weighted by Crippen LogP contribution is 2.15. The summed E-state index contributed by atoms with van der Waals surface area (Å²) in [6.07, 6.45) is 8.50. The van der Waals surface area contributed by atoms with Crippen LogP contribution in [0, 0.1) is 5.82 Å². The molecule has 1 heterocycles. The predicted molar refractivity (Wildman–Crippen MR) is 64.4 cm³/mol. The number of nitrogens with two attached hydrogens (primary N) is 1. The number of nitrogens with zero attached hydrogens (tertiary/aromatic N) is 1. The van der Waals surface area contributed by atoms with Crippen molar-refractivity contribution in [2.45, 2.75) is 38.1 Å². The van der Waals surface area contributed by atoms with Gasteiger partial charge < -0.3 is 5.73 Å². The van der Waals surface area contributed by atoms with Gasteiger partial charge in [0.2, 0.25) is 0 Å². The molecule has 16 heavy (non-hydrogen) atoms. The van der Waals surface area contributed by atoms with Gasteiger partial charge in [-0.3, -0.25) is 4.98 Å². The lowest BCUT2D eigenvalue weighted by Gasteiger charge is -2.10. The zero-order valence-corrected chi connectivity index (χ0v) is 9.53. The van der Waals surface area contributed by atoms with Crippen molar-refractivity contribution in [3.05, 3.63) is 42.5 Å². The molecular weight excluding hydrogens is 203 g/mol. The van der Waals surface area contributed by atoms with Crippen molar-refractivity contribution in [3.63, 3.8) is 0 Å². The largest absolute Gasteiger partial charge is 0.323 e. The Bertz CT molecular complexity index is 308. The number of pyridine rings is 1. The molecule has 0 amide bonds. The van der Waals surface area contributed by atoms with Gasteiger partial charge in [-0.15, -0.1) is 6.58 Å². The molecule has 1 rings (SSSR count).